The molecule has 102 valence electrons. The number of hydrogen-bond donors (Lipinski definition) is 1. The van der Waals surface area contributed by atoms with E-state index in [1.165, 1.54) is 0 Å². The summed E-state index contributed by atoms with van der Waals surface area (Å²) in [6, 6.07) is 2.09. The van der Waals surface area contributed by atoms with Gasteiger partial charge in [-0.2, -0.15) is 0 Å². The Hall–Kier alpha value is -0.840. The van der Waals surface area contributed by atoms with E-state index in [2.05, 4.69) is 18.3 Å². The molecule has 0 bridgehead atoms. The van der Waals surface area contributed by atoms with Crippen molar-refractivity contribution >= 4 is 0 Å². The predicted octanol–water partition coefficient (Wildman–Crippen LogP) is 2.25. The van der Waals surface area contributed by atoms with Crippen LogP contribution in [0.3, 0.4) is 0 Å². The van der Waals surface area contributed by atoms with Gasteiger partial charge in [0.25, 0.3) is 0 Å². The lowest BCUT2D eigenvalue weighted by molar-refractivity contribution is 0.0785. The van der Waals surface area contributed by atoms with Gasteiger partial charge in [-0.15, -0.1) is 0 Å². The molecule has 2 heterocycles. The van der Waals surface area contributed by atoms with Crippen molar-refractivity contribution in [3.8, 4) is 0 Å². The SMILES string of the molecule is CCNCc1cc(COCC2CCOC2)c(C)o1. The van der Waals surface area contributed by atoms with Gasteiger partial charge in [0.15, 0.2) is 0 Å². The summed E-state index contributed by atoms with van der Waals surface area (Å²) in [7, 11) is 0. The molecule has 1 aliphatic heterocycles. The number of aryl methyl sites for hydroxylation is 1. The van der Waals surface area contributed by atoms with Gasteiger partial charge < -0.3 is 19.2 Å². The number of furan rings is 1. The van der Waals surface area contributed by atoms with Gasteiger partial charge in [0.2, 0.25) is 0 Å². The fourth-order valence-corrected chi connectivity index (χ4v) is 2.12. The van der Waals surface area contributed by atoms with E-state index >= 15 is 0 Å². The fraction of sp³-hybridized carbons (Fsp3) is 0.714. The minimum absolute atomic E-state index is 0.568. The second-order valence-corrected chi connectivity index (χ2v) is 4.82. The monoisotopic (exact) mass is 253 g/mol. The summed E-state index contributed by atoms with van der Waals surface area (Å²) in [6.45, 7) is 8.96. The molecule has 2 rings (SSSR count). The zero-order chi connectivity index (χ0) is 12.8. The molecule has 0 spiro atoms. The standard InChI is InChI=1S/C14H23NO3/c1-3-15-7-14-6-13(11(2)18-14)10-17-9-12-4-5-16-8-12/h6,12,15H,3-5,7-10H2,1-2H3. The molecule has 1 atom stereocenters. The van der Waals surface area contributed by atoms with Gasteiger partial charge in [0.05, 0.1) is 26.4 Å². The molecular weight excluding hydrogens is 230 g/mol. The maximum absolute atomic E-state index is 5.74. The highest BCUT2D eigenvalue weighted by atomic mass is 16.5. The molecule has 1 aromatic heterocycles. The van der Waals surface area contributed by atoms with Gasteiger partial charge in [0.1, 0.15) is 11.5 Å². The van der Waals surface area contributed by atoms with Crippen LogP contribution in [0.15, 0.2) is 10.5 Å². The van der Waals surface area contributed by atoms with E-state index in [1.807, 2.05) is 6.92 Å². The highest BCUT2D eigenvalue weighted by Gasteiger charge is 2.16. The van der Waals surface area contributed by atoms with Gasteiger partial charge in [0, 0.05) is 18.1 Å². The predicted molar refractivity (Wildman–Crippen MR) is 69.4 cm³/mol. The molecule has 0 aliphatic carbocycles. The Bertz CT molecular complexity index is 356. The fourth-order valence-electron chi connectivity index (χ4n) is 2.12. The van der Waals surface area contributed by atoms with E-state index in [0.29, 0.717) is 12.5 Å². The molecule has 1 unspecified atom stereocenters. The Labute approximate surface area is 109 Å². The van der Waals surface area contributed by atoms with Crippen LogP contribution in [-0.2, 0) is 22.6 Å². The van der Waals surface area contributed by atoms with Crippen LogP contribution in [0, 0.1) is 12.8 Å². The van der Waals surface area contributed by atoms with Crippen LogP contribution >= 0.6 is 0 Å². The molecule has 1 aliphatic rings. The van der Waals surface area contributed by atoms with Crippen LogP contribution in [0.1, 0.15) is 30.4 Å². The van der Waals surface area contributed by atoms with Gasteiger partial charge in [-0.05, 0) is 26.0 Å². The summed E-state index contributed by atoms with van der Waals surface area (Å²) >= 11 is 0. The second-order valence-electron chi connectivity index (χ2n) is 4.82. The molecule has 1 N–H and O–H groups in total. The van der Waals surface area contributed by atoms with Gasteiger partial charge >= 0.3 is 0 Å². The van der Waals surface area contributed by atoms with E-state index in [-0.39, 0.29) is 0 Å². The smallest absolute Gasteiger partial charge is 0.118 e. The molecule has 1 saturated heterocycles. The van der Waals surface area contributed by atoms with Crippen molar-refractivity contribution in [3.63, 3.8) is 0 Å². The normalized spacial score (nSPS) is 19.6. The minimum Gasteiger partial charge on any atom is -0.465 e. The summed E-state index contributed by atoms with van der Waals surface area (Å²) in [6.07, 6.45) is 1.12. The van der Waals surface area contributed by atoms with Crippen LogP contribution in [-0.4, -0.2) is 26.4 Å². The van der Waals surface area contributed by atoms with E-state index in [0.717, 1.165) is 56.4 Å². The van der Waals surface area contributed by atoms with Crippen molar-refractivity contribution in [2.24, 2.45) is 5.92 Å². The van der Waals surface area contributed by atoms with E-state index in [9.17, 15) is 0 Å². The number of rotatable bonds is 7. The van der Waals surface area contributed by atoms with Gasteiger partial charge in [-0.25, -0.2) is 0 Å². The quantitative estimate of drug-likeness (QED) is 0.809. The zero-order valence-electron chi connectivity index (χ0n) is 11.3. The van der Waals surface area contributed by atoms with Crippen molar-refractivity contribution in [3.05, 3.63) is 23.2 Å². The topological polar surface area (TPSA) is 43.6 Å². The summed E-state index contributed by atoms with van der Waals surface area (Å²) < 4.78 is 16.7. The summed E-state index contributed by atoms with van der Waals surface area (Å²) in [4.78, 5) is 0. The highest BCUT2D eigenvalue weighted by Crippen LogP contribution is 2.17. The first-order chi connectivity index (χ1) is 8.79. The third kappa shape index (κ3) is 3.83. The molecule has 1 aromatic rings. The Morgan fingerprint density at radius 1 is 1.50 bits per heavy atom. The van der Waals surface area contributed by atoms with Crippen LogP contribution < -0.4 is 5.32 Å². The third-order valence-corrected chi connectivity index (χ3v) is 3.26. The van der Waals surface area contributed by atoms with Crippen molar-refractivity contribution in [2.75, 3.05) is 26.4 Å². The lowest BCUT2D eigenvalue weighted by Gasteiger charge is -2.07. The van der Waals surface area contributed by atoms with Crippen molar-refractivity contribution in [1.29, 1.82) is 0 Å². The van der Waals surface area contributed by atoms with Gasteiger partial charge in [-0.1, -0.05) is 6.92 Å². The lowest BCUT2D eigenvalue weighted by Crippen LogP contribution is -2.11. The number of hydrogen-bond acceptors (Lipinski definition) is 4. The highest BCUT2D eigenvalue weighted by molar-refractivity contribution is 5.19. The Morgan fingerprint density at radius 2 is 2.39 bits per heavy atom. The average molecular weight is 253 g/mol. The van der Waals surface area contributed by atoms with Crippen LogP contribution in [0.25, 0.3) is 0 Å². The van der Waals surface area contributed by atoms with Crippen LogP contribution in [0.5, 0.6) is 0 Å². The molecule has 0 aromatic carbocycles. The van der Waals surface area contributed by atoms with Crippen molar-refractivity contribution in [1.82, 2.24) is 5.32 Å². The Kier molecular flexibility index (Phi) is 5.23. The van der Waals surface area contributed by atoms with E-state index in [1.54, 1.807) is 0 Å². The largest absolute Gasteiger partial charge is 0.465 e. The third-order valence-electron chi connectivity index (χ3n) is 3.26. The molecule has 4 nitrogen and oxygen atoms in total. The number of nitrogens with one attached hydrogen (secondary N) is 1. The first-order valence-electron chi connectivity index (χ1n) is 6.74. The van der Waals surface area contributed by atoms with Crippen LogP contribution in [0.2, 0.25) is 0 Å². The first kappa shape index (κ1) is 13.6. The summed E-state index contributed by atoms with van der Waals surface area (Å²) in [5.74, 6) is 2.51. The van der Waals surface area contributed by atoms with Crippen molar-refractivity contribution in [2.45, 2.75) is 33.4 Å². The summed E-state index contributed by atoms with van der Waals surface area (Å²) in [5.41, 5.74) is 1.15. The Balaban J connectivity index is 1.75. The first-order valence-corrected chi connectivity index (χ1v) is 6.74. The molecule has 0 amide bonds. The minimum atomic E-state index is 0.568. The average Bonchev–Trinajstić information content (AvgIpc) is 2.98. The van der Waals surface area contributed by atoms with E-state index < -0.39 is 0 Å². The van der Waals surface area contributed by atoms with Gasteiger partial charge in [-0.3, -0.25) is 0 Å². The Morgan fingerprint density at radius 3 is 3.11 bits per heavy atom. The molecule has 0 saturated carbocycles. The molecule has 0 radical (unpaired) electrons. The maximum Gasteiger partial charge on any atom is 0.118 e. The number of ether oxygens (including phenoxy) is 2. The van der Waals surface area contributed by atoms with Crippen molar-refractivity contribution < 1.29 is 13.9 Å². The summed E-state index contributed by atoms with van der Waals surface area (Å²) in [5, 5.41) is 3.25. The molecule has 4 heteroatoms. The lowest BCUT2D eigenvalue weighted by atomic mass is 10.1. The molecular formula is C14H23NO3. The second kappa shape index (κ2) is 6.92. The molecule has 1 fully saturated rings. The van der Waals surface area contributed by atoms with E-state index in [4.69, 9.17) is 13.9 Å². The molecule has 18 heavy (non-hydrogen) atoms. The maximum atomic E-state index is 5.74. The van der Waals surface area contributed by atoms with Crippen LogP contribution in [0.4, 0.5) is 0 Å². The zero-order valence-corrected chi connectivity index (χ0v) is 11.3.